The van der Waals surface area contributed by atoms with Crippen LogP contribution in [-0.4, -0.2) is 20.4 Å². The average molecular weight is 339 g/mol. The Morgan fingerprint density at radius 1 is 1.29 bits per heavy atom. The van der Waals surface area contributed by atoms with Crippen molar-refractivity contribution in [2.75, 3.05) is 5.32 Å². The van der Waals surface area contributed by atoms with Gasteiger partial charge in [0, 0.05) is 36.2 Å². The van der Waals surface area contributed by atoms with Crippen LogP contribution in [0, 0.1) is 0 Å². The molecule has 2 heterocycles. The Kier molecular flexibility index (Phi) is 5.03. The van der Waals surface area contributed by atoms with Crippen LogP contribution in [0.3, 0.4) is 0 Å². The number of pyridine rings is 1. The lowest BCUT2D eigenvalue weighted by Gasteiger charge is -2.02. The van der Waals surface area contributed by atoms with Crippen molar-refractivity contribution in [2.45, 2.75) is 6.54 Å². The van der Waals surface area contributed by atoms with Crippen molar-refractivity contribution >= 4 is 29.4 Å². The summed E-state index contributed by atoms with van der Waals surface area (Å²) in [5, 5.41) is 3.42. The van der Waals surface area contributed by atoms with E-state index >= 15 is 0 Å². The number of benzene rings is 1. The number of nitrogens with one attached hydrogen (secondary N) is 1. The third-order valence-corrected chi connectivity index (χ3v) is 3.49. The zero-order valence-electron chi connectivity index (χ0n) is 12.8. The lowest BCUT2D eigenvalue weighted by Crippen LogP contribution is -2.08. The Hall–Kier alpha value is -2.92. The number of halogens is 1. The van der Waals surface area contributed by atoms with Gasteiger partial charge in [-0.25, -0.2) is 4.98 Å². The fourth-order valence-corrected chi connectivity index (χ4v) is 2.38. The van der Waals surface area contributed by atoms with E-state index in [0.29, 0.717) is 17.4 Å². The largest absolute Gasteiger partial charge is 0.331 e. The maximum atomic E-state index is 11.9. The Morgan fingerprint density at radius 2 is 2.21 bits per heavy atom. The minimum absolute atomic E-state index is 0.244. The van der Waals surface area contributed by atoms with Crippen LogP contribution in [0.15, 0.2) is 67.4 Å². The summed E-state index contributed by atoms with van der Waals surface area (Å²) in [6.07, 6.45) is 9.96. The lowest BCUT2D eigenvalue weighted by molar-refractivity contribution is -0.111. The van der Waals surface area contributed by atoms with E-state index in [4.69, 9.17) is 11.6 Å². The van der Waals surface area contributed by atoms with Crippen LogP contribution < -0.4 is 5.32 Å². The molecule has 24 heavy (non-hydrogen) atoms. The second kappa shape index (κ2) is 7.57. The molecule has 0 aliphatic rings. The van der Waals surface area contributed by atoms with E-state index in [1.54, 1.807) is 31.0 Å². The van der Waals surface area contributed by atoms with E-state index in [-0.39, 0.29) is 5.91 Å². The first-order chi connectivity index (χ1) is 11.7. The van der Waals surface area contributed by atoms with Crippen molar-refractivity contribution in [1.29, 1.82) is 0 Å². The summed E-state index contributed by atoms with van der Waals surface area (Å²) < 4.78 is 1.88. The predicted octanol–water partition coefficient (Wildman–Crippen LogP) is 3.63. The SMILES string of the molecule is O=C(/C=C/c1cccnc1)Nc1cn(Cc2cccc(Cl)c2)cn1. The van der Waals surface area contributed by atoms with Gasteiger partial charge in [0.15, 0.2) is 5.82 Å². The van der Waals surface area contributed by atoms with Gasteiger partial charge in [-0.3, -0.25) is 9.78 Å². The van der Waals surface area contributed by atoms with Crippen molar-refractivity contribution in [1.82, 2.24) is 14.5 Å². The molecule has 1 N–H and O–H groups in total. The van der Waals surface area contributed by atoms with E-state index in [1.807, 2.05) is 41.0 Å². The zero-order valence-corrected chi connectivity index (χ0v) is 13.5. The minimum Gasteiger partial charge on any atom is -0.331 e. The topological polar surface area (TPSA) is 59.8 Å². The summed E-state index contributed by atoms with van der Waals surface area (Å²) in [6, 6.07) is 11.3. The molecule has 120 valence electrons. The highest BCUT2D eigenvalue weighted by molar-refractivity contribution is 6.30. The Labute approximate surface area is 144 Å². The molecule has 0 saturated carbocycles. The summed E-state index contributed by atoms with van der Waals surface area (Å²) in [5.74, 6) is 0.254. The van der Waals surface area contributed by atoms with E-state index in [1.165, 1.54) is 6.08 Å². The van der Waals surface area contributed by atoms with Gasteiger partial charge in [0.1, 0.15) is 0 Å². The van der Waals surface area contributed by atoms with Gasteiger partial charge in [0.2, 0.25) is 5.91 Å². The number of hydrogen-bond donors (Lipinski definition) is 1. The van der Waals surface area contributed by atoms with Crippen molar-refractivity contribution < 1.29 is 4.79 Å². The monoisotopic (exact) mass is 338 g/mol. The van der Waals surface area contributed by atoms with Gasteiger partial charge in [-0.2, -0.15) is 0 Å². The lowest BCUT2D eigenvalue weighted by atomic mass is 10.2. The van der Waals surface area contributed by atoms with Gasteiger partial charge >= 0.3 is 0 Å². The minimum atomic E-state index is -0.244. The number of imidazole rings is 1. The first-order valence-electron chi connectivity index (χ1n) is 7.34. The Balaban J connectivity index is 1.59. The molecule has 6 heteroatoms. The van der Waals surface area contributed by atoms with Crippen LogP contribution in [0.2, 0.25) is 5.02 Å². The second-order valence-electron chi connectivity index (χ2n) is 5.17. The van der Waals surface area contributed by atoms with Crippen LogP contribution in [0.25, 0.3) is 6.08 Å². The third kappa shape index (κ3) is 4.54. The van der Waals surface area contributed by atoms with Crippen LogP contribution in [0.5, 0.6) is 0 Å². The Bertz CT molecular complexity index is 858. The van der Waals surface area contributed by atoms with Crippen molar-refractivity contribution in [3.05, 3.63) is 83.5 Å². The number of nitrogens with zero attached hydrogens (tertiary/aromatic N) is 3. The molecule has 3 aromatic rings. The fraction of sp³-hybridized carbons (Fsp3) is 0.0556. The van der Waals surface area contributed by atoms with Crippen molar-refractivity contribution in [3.8, 4) is 0 Å². The van der Waals surface area contributed by atoms with Crippen LogP contribution in [-0.2, 0) is 11.3 Å². The van der Waals surface area contributed by atoms with Gasteiger partial charge in [-0.1, -0.05) is 29.8 Å². The molecular formula is C18H15ClN4O. The summed E-state index contributed by atoms with van der Waals surface area (Å²) in [4.78, 5) is 20.1. The first kappa shape index (κ1) is 16.0. The number of hydrogen-bond acceptors (Lipinski definition) is 3. The van der Waals surface area contributed by atoms with Crippen molar-refractivity contribution in [2.24, 2.45) is 0 Å². The number of aromatic nitrogens is 3. The number of carbonyl (C=O) groups is 1. The molecule has 0 fully saturated rings. The van der Waals surface area contributed by atoms with E-state index in [9.17, 15) is 4.79 Å². The summed E-state index contributed by atoms with van der Waals surface area (Å²) in [6.45, 7) is 0.634. The van der Waals surface area contributed by atoms with Gasteiger partial charge in [-0.15, -0.1) is 0 Å². The molecule has 0 radical (unpaired) electrons. The maximum absolute atomic E-state index is 11.9. The first-order valence-corrected chi connectivity index (χ1v) is 7.72. The summed E-state index contributed by atoms with van der Waals surface area (Å²) >= 11 is 5.98. The number of carbonyl (C=O) groups excluding carboxylic acids is 1. The van der Waals surface area contributed by atoms with Gasteiger partial charge in [-0.05, 0) is 35.4 Å². The highest BCUT2D eigenvalue weighted by Gasteiger charge is 2.03. The third-order valence-electron chi connectivity index (χ3n) is 3.25. The van der Waals surface area contributed by atoms with Gasteiger partial charge in [0.05, 0.1) is 6.33 Å². The molecule has 5 nitrogen and oxygen atoms in total. The van der Waals surface area contributed by atoms with E-state index in [2.05, 4.69) is 15.3 Å². The van der Waals surface area contributed by atoms with Crippen LogP contribution >= 0.6 is 11.6 Å². The molecule has 0 bridgehead atoms. The average Bonchev–Trinajstić information content (AvgIpc) is 3.01. The molecule has 0 atom stereocenters. The molecular weight excluding hydrogens is 324 g/mol. The molecule has 0 unspecified atom stereocenters. The molecule has 0 saturated heterocycles. The number of rotatable bonds is 5. The Morgan fingerprint density at radius 3 is 3.00 bits per heavy atom. The smallest absolute Gasteiger partial charge is 0.249 e. The van der Waals surface area contributed by atoms with Crippen LogP contribution in [0.4, 0.5) is 5.82 Å². The van der Waals surface area contributed by atoms with Crippen LogP contribution in [0.1, 0.15) is 11.1 Å². The van der Waals surface area contributed by atoms with Gasteiger partial charge in [0.25, 0.3) is 0 Å². The normalized spacial score (nSPS) is 10.9. The number of amides is 1. The summed E-state index contributed by atoms with van der Waals surface area (Å²) in [5.41, 5.74) is 1.92. The zero-order chi connectivity index (χ0) is 16.8. The van der Waals surface area contributed by atoms with E-state index in [0.717, 1.165) is 11.1 Å². The summed E-state index contributed by atoms with van der Waals surface area (Å²) in [7, 11) is 0. The highest BCUT2D eigenvalue weighted by Crippen LogP contribution is 2.13. The predicted molar refractivity (Wildman–Crippen MR) is 94.7 cm³/mol. The van der Waals surface area contributed by atoms with E-state index < -0.39 is 0 Å². The fourth-order valence-electron chi connectivity index (χ4n) is 2.17. The molecule has 0 aliphatic heterocycles. The second-order valence-corrected chi connectivity index (χ2v) is 5.61. The molecule has 2 aromatic heterocycles. The highest BCUT2D eigenvalue weighted by atomic mass is 35.5. The molecule has 1 aromatic carbocycles. The molecule has 0 aliphatic carbocycles. The standard InChI is InChI=1S/C18H15ClN4O/c19-16-5-1-3-15(9-16)11-23-12-17(21-13-23)22-18(24)7-6-14-4-2-8-20-10-14/h1-10,12-13H,11H2,(H,22,24)/b7-6+. The van der Waals surface area contributed by atoms with Crippen molar-refractivity contribution in [3.63, 3.8) is 0 Å². The molecule has 0 spiro atoms. The number of anilines is 1. The molecule has 1 amide bonds. The molecule has 3 rings (SSSR count). The maximum Gasteiger partial charge on any atom is 0.249 e. The van der Waals surface area contributed by atoms with Gasteiger partial charge < -0.3 is 9.88 Å². The quantitative estimate of drug-likeness (QED) is 0.723.